The Morgan fingerprint density at radius 1 is 0.511 bits per heavy atom. The molecule has 0 aliphatic rings. The van der Waals surface area contributed by atoms with Crippen LogP contribution in [-0.4, -0.2) is 16.1 Å². The molecule has 0 spiro atoms. The van der Waals surface area contributed by atoms with Gasteiger partial charge in [-0.25, -0.2) is 0 Å². The van der Waals surface area contributed by atoms with Crippen LogP contribution in [0.1, 0.15) is 29.2 Å². The molecule has 0 atom stereocenters. The van der Waals surface area contributed by atoms with Crippen LogP contribution in [0.5, 0.6) is 0 Å². The number of halogens is 2. The number of hydrogen-bond acceptors (Lipinski definition) is 0. The molecule has 6 rings (SSSR count). The fourth-order valence-corrected chi connectivity index (χ4v) is 8.32. The van der Waals surface area contributed by atoms with Crippen molar-refractivity contribution in [3.05, 3.63) is 126 Å². The van der Waals surface area contributed by atoms with Crippen molar-refractivity contribution < 1.29 is 20.8 Å². The van der Waals surface area contributed by atoms with Gasteiger partial charge in [0.1, 0.15) is 0 Å². The predicted molar refractivity (Wildman–Crippen MR) is 218 cm³/mol. The second kappa shape index (κ2) is 17.1. The van der Waals surface area contributed by atoms with Crippen molar-refractivity contribution in [1.82, 2.24) is 0 Å². The number of benzene rings is 4. The summed E-state index contributed by atoms with van der Waals surface area (Å²) >= 11 is -0.826. The van der Waals surface area contributed by atoms with Crippen LogP contribution in [0.4, 0.5) is 0 Å². The van der Waals surface area contributed by atoms with Gasteiger partial charge in [-0.1, -0.05) is 149 Å². The molecule has 6 aromatic carbocycles. The van der Waals surface area contributed by atoms with E-state index in [-0.39, 0.29) is 0 Å². The second-order valence-electron chi connectivity index (χ2n) is 14.3. The summed E-state index contributed by atoms with van der Waals surface area (Å²) in [5, 5.41) is 8.58. The molecule has 0 unspecified atom stereocenters. The van der Waals surface area contributed by atoms with Gasteiger partial charge in [0.2, 0.25) is 0 Å². The zero-order valence-corrected chi connectivity index (χ0v) is 36.2. The maximum atomic E-state index is 4.93. The fourth-order valence-electron chi connectivity index (χ4n) is 5.98. The first-order valence-corrected chi connectivity index (χ1v) is 29.7. The summed E-state index contributed by atoms with van der Waals surface area (Å²) in [6.45, 7) is 28.1. The Bertz CT molecular complexity index is 1740. The van der Waals surface area contributed by atoms with Crippen molar-refractivity contribution in [2.75, 3.05) is 0 Å². The van der Waals surface area contributed by atoms with E-state index in [9.17, 15) is 0 Å². The van der Waals surface area contributed by atoms with Gasteiger partial charge in [0.05, 0.1) is 16.1 Å². The fraction of sp³-hybridized carbons (Fsp3) is 0.262. The van der Waals surface area contributed by atoms with E-state index in [2.05, 4.69) is 171 Å². The number of fused-ring (bicyclic) bond motifs is 2. The molecule has 0 heterocycles. The molecule has 5 heteroatoms. The Morgan fingerprint density at radius 2 is 0.809 bits per heavy atom. The number of aryl methyl sites for hydroxylation is 4. The molecule has 0 saturated heterocycles. The predicted octanol–water partition coefficient (Wildman–Crippen LogP) is 13.0. The number of hydrogen-bond donors (Lipinski definition) is 0. The minimum atomic E-state index is -1.22. The minimum absolute atomic E-state index is 0.826. The van der Waals surface area contributed by atoms with Crippen molar-refractivity contribution in [1.29, 1.82) is 0 Å². The summed E-state index contributed by atoms with van der Waals surface area (Å²) in [4.78, 5) is 0. The molecule has 0 N–H and O–H groups in total. The molecule has 0 nitrogen and oxygen atoms in total. The van der Waals surface area contributed by atoms with Gasteiger partial charge in [-0.2, -0.15) is 19.1 Å². The van der Waals surface area contributed by atoms with Crippen LogP contribution in [0.3, 0.4) is 0 Å². The third-order valence-corrected chi connectivity index (χ3v) is 12.8. The second-order valence-corrected chi connectivity index (χ2v) is 28.2. The maximum absolute atomic E-state index is 4.93. The van der Waals surface area contributed by atoms with E-state index in [4.69, 9.17) is 17.0 Å². The van der Waals surface area contributed by atoms with Crippen LogP contribution in [0, 0.1) is 34.6 Å². The summed E-state index contributed by atoms with van der Waals surface area (Å²) in [5.74, 6) is 0. The van der Waals surface area contributed by atoms with E-state index in [0.29, 0.717) is 0 Å². The van der Waals surface area contributed by atoms with Gasteiger partial charge in [0, 0.05) is 0 Å². The first kappa shape index (κ1) is 39.4. The van der Waals surface area contributed by atoms with Crippen LogP contribution in [0.15, 0.2) is 97.1 Å². The average molecular weight is 774 g/mol. The Kier molecular flexibility index (Phi) is 14.3. The summed E-state index contributed by atoms with van der Waals surface area (Å²) in [5.41, 5.74) is 10.8. The summed E-state index contributed by atoms with van der Waals surface area (Å²) in [7, 11) is 7.44. The summed E-state index contributed by atoms with van der Waals surface area (Å²) < 4.78 is 0. The SMILES string of the molecule is Cc1cc2c(-c3ccc([Si](C)(C)C)cc3)ccc(C)c2[cH-]1.Cc1cc2c(-c3ccc([Si](C)(C)C)cc3)ccc(C)c2[cH-]1.[CH2-]C.[Cl][Zr][Cl]. The third kappa shape index (κ3) is 10.0. The van der Waals surface area contributed by atoms with Crippen LogP contribution >= 0.6 is 17.0 Å². The number of rotatable bonds is 4. The molecule has 0 aromatic heterocycles. The quantitative estimate of drug-likeness (QED) is 0.124. The van der Waals surface area contributed by atoms with Crippen molar-refractivity contribution in [3.63, 3.8) is 0 Å². The Morgan fingerprint density at radius 3 is 1.09 bits per heavy atom. The molecule has 47 heavy (non-hydrogen) atoms. The normalized spacial score (nSPS) is 11.2. The van der Waals surface area contributed by atoms with Crippen molar-refractivity contribution >= 4 is 65.1 Å². The molecule has 0 bridgehead atoms. The Balaban J connectivity index is 0.000000225. The summed E-state index contributed by atoms with van der Waals surface area (Å²) in [6, 6.07) is 36.7. The molecule has 0 saturated carbocycles. The average Bonchev–Trinajstić information content (AvgIpc) is 3.62. The van der Waals surface area contributed by atoms with Gasteiger partial charge in [0.15, 0.2) is 0 Å². The van der Waals surface area contributed by atoms with E-state index in [0.717, 1.165) is 0 Å². The Labute approximate surface area is 306 Å². The van der Waals surface area contributed by atoms with Crippen LogP contribution < -0.4 is 10.4 Å². The van der Waals surface area contributed by atoms with E-state index in [1.807, 2.05) is 0 Å². The van der Waals surface area contributed by atoms with Crippen molar-refractivity contribution in [2.24, 2.45) is 0 Å². The van der Waals surface area contributed by atoms with Gasteiger partial charge in [-0.3, -0.25) is 0 Å². The molecule has 0 amide bonds. The van der Waals surface area contributed by atoms with Crippen LogP contribution in [0.2, 0.25) is 39.3 Å². The van der Waals surface area contributed by atoms with Gasteiger partial charge >= 0.3 is 37.9 Å². The first-order valence-electron chi connectivity index (χ1n) is 16.4. The molecule has 6 aromatic rings. The summed E-state index contributed by atoms with van der Waals surface area (Å²) in [6.07, 6.45) is 0. The van der Waals surface area contributed by atoms with Crippen LogP contribution in [0.25, 0.3) is 43.8 Å². The van der Waals surface area contributed by atoms with Gasteiger partial charge < -0.3 is 6.92 Å². The molecule has 0 aliphatic carbocycles. The van der Waals surface area contributed by atoms with Crippen molar-refractivity contribution in [3.8, 4) is 22.3 Å². The Hall–Kier alpha value is -2.00. The molecular formula is C42H51Cl2Si2Zr-3. The first-order chi connectivity index (χ1) is 22.1. The van der Waals surface area contributed by atoms with E-state index in [1.165, 1.54) is 76.4 Å². The molecule has 248 valence electrons. The van der Waals surface area contributed by atoms with E-state index < -0.39 is 37.0 Å². The van der Waals surface area contributed by atoms with Gasteiger partial charge in [-0.05, 0) is 11.1 Å². The molecule has 0 aliphatic heterocycles. The van der Waals surface area contributed by atoms with Gasteiger partial charge in [-0.15, -0.1) is 68.1 Å². The molecular weight excluding hydrogens is 723 g/mol. The van der Waals surface area contributed by atoms with Crippen LogP contribution in [-0.2, 0) is 20.8 Å². The van der Waals surface area contributed by atoms with E-state index in [1.54, 1.807) is 6.92 Å². The molecule has 0 radical (unpaired) electrons. The third-order valence-electron chi connectivity index (χ3n) is 8.62. The topological polar surface area (TPSA) is 0 Å². The monoisotopic (exact) mass is 771 g/mol. The standard InChI is InChI=1S/2C20H23Si.C2H5.2ClH.Zr/c2*1-14-12-19-15(2)6-11-18(20(19)13-14)16-7-9-17(10-8-16)21(3,4)5;1-2;;;/h2*6-13H,1-5H3;1H2,2H3;2*1H;/q3*-1;;;+2/p-2. The zero-order valence-electron chi connectivity index (χ0n) is 30.2. The molecule has 0 fully saturated rings. The van der Waals surface area contributed by atoms with Crippen molar-refractivity contribution in [2.45, 2.75) is 73.9 Å². The van der Waals surface area contributed by atoms with Gasteiger partial charge in [0.25, 0.3) is 0 Å². The zero-order chi connectivity index (χ0) is 35.1. The van der Waals surface area contributed by atoms with E-state index >= 15 is 0 Å².